The highest BCUT2D eigenvalue weighted by atomic mass is 19.4. The van der Waals surface area contributed by atoms with Crippen LogP contribution < -0.4 is 4.90 Å². The monoisotopic (exact) mass is 400 g/mol. The standard InChI is InChI=1S/C19H11F3N4O3/c1-25-17(28)26(14-6-5-12(10-24)15(8-14)19(20,21)22)16(27)18(25,29)13-4-2-3-11(7-13)9-23/h2-8,29H,1H3. The lowest BCUT2D eigenvalue weighted by Crippen LogP contribution is -2.44. The Morgan fingerprint density at radius 1 is 1.07 bits per heavy atom. The number of alkyl halides is 3. The van der Waals surface area contributed by atoms with Gasteiger partial charge in [-0.3, -0.25) is 9.69 Å². The summed E-state index contributed by atoms with van der Waals surface area (Å²) in [5.41, 5.74) is -4.94. The third-order valence-electron chi connectivity index (χ3n) is 4.55. The fourth-order valence-electron chi connectivity index (χ4n) is 3.03. The Morgan fingerprint density at radius 3 is 2.34 bits per heavy atom. The fourth-order valence-corrected chi connectivity index (χ4v) is 3.03. The maximum absolute atomic E-state index is 13.2. The van der Waals surface area contributed by atoms with Gasteiger partial charge in [-0.2, -0.15) is 23.7 Å². The van der Waals surface area contributed by atoms with Crippen molar-refractivity contribution in [1.82, 2.24) is 4.90 Å². The molecule has 0 bridgehead atoms. The van der Waals surface area contributed by atoms with E-state index in [-0.39, 0.29) is 11.1 Å². The first-order valence-electron chi connectivity index (χ1n) is 8.02. The van der Waals surface area contributed by atoms with E-state index in [2.05, 4.69) is 0 Å². The summed E-state index contributed by atoms with van der Waals surface area (Å²) < 4.78 is 39.7. The smallest absolute Gasteiger partial charge is 0.359 e. The van der Waals surface area contributed by atoms with Crippen LogP contribution >= 0.6 is 0 Å². The van der Waals surface area contributed by atoms with Crippen molar-refractivity contribution in [3.8, 4) is 12.1 Å². The van der Waals surface area contributed by atoms with Gasteiger partial charge in [-0.15, -0.1) is 0 Å². The summed E-state index contributed by atoms with van der Waals surface area (Å²) in [6.07, 6.45) is -4.89. The van der Waals surface area contributed by atoms with Crippen molar-refractivity contribution < 1.29 is 27.9 Å². The summed E-state index contributed by atoms with van der Waals surface area (Å²) in [6.45, 7) is 0. The predicted molar refractivity (Wildman–Crippen MR) is 91.9 cm³/mol. The highest BCUT2D eigenvalue weighted by molar-refractivity contribution is 6.22. The van der Waals surface area contributed by atoms with Crippen LogP contribution in [0.25, 0.3) is 0 Å². The molecule has 1 saturated heterocycles. The van der Waals surface area contributed by atoms with Gasteiger partial charge in [0.1, 0.15) is 0 Å². The van der Waals surface area contributed by atoms with Gasteiger partial charge in [0.25, 0.3) is 11.6 Å². The normalized spacial score (nSPS) is 19.3. The summed E-state index contributed by atoms with van der Waals surface area (Å²) in [6, 6.07) is 9.84. The number of likely N-dealkylation sites (N-methyl/N-ethyl adjacent to an activating group) is 1. The molecular weight excluding hydrogens is 389 g/mol. The number of hydrogen-bond acceptors (Lipinski definition) is 5. The molecule has 0 aromatic heterocycles. The molecule has 3 amide bonds. The largest absolute Gasteiger partial charge is 0.417 e. The van der Waals surface area contributed by atoms with Crippen LogP contribution in [0.1, 0.15) is 22.3 Å². The Balaban J connectivity index is 2.14. The molecule has 146 valence electrons. The maximum atomic E-state index is 13.2. The van der Waals surface area contributed by atoms with E-state index in [1.165, 1.54) is 30.3 Å². The van der Waals surface area contributed by atoms with Crippen molar-refractivity contribution in [2.45, 2.75) is 11.9 Å². The topological polar surface area (TPSA) is 108 Å². The number of amides is 3. The Labute approximate surface area is 162 Å². The van der Waals surface area contributed by atoms with Gasteiger partial charge >= 0.3 is 12.2 Å². The lowest BCUT2D eigenvalue weighted by atomic mass is 9.99. The third-order valence-corrected chi connectivity index (χ3v) is 4.55. The molecule has 2 aromatic carbocycles. The van der Waals surface area contributed by atoms with Gasteiger partial charge in [-0.05, 0) is 30.3 Å². The third kappa shape index (κ3) is 2.96. The van der Waals surface area contributed by atoms with Gasteiger partial charge in [-0.25, -0.2) is 9.69 Å². The second kappa shape index (κ2) is 6.62. The number of carbonyl (C=O) groups is 2. The van der Waals surface area contributed by atoms with Crippen LogP contribution in [0.15, 0.2) is 42.5 Å². The first kappa shape index (κ1) is 19.9. The minimum absolute atomic E-state index is 0.0930. The predicted octanol–water partition coefficient (Wildman–Crippen LogP) is 2.69. The van der Waals surface area contributed by atoms with E-state index < -0.39 is 40.7 Å². The molecule has 1 heterocycles. The molecule has 1 aliphatic rings. The zero-order valence-electron chi connectivity index (χ0n) is 14.7. The number of urea groups is 1. The average molecular weight is 400 g/mol. The van der Waals surface area contributed by atoms with Crippen molar-refractivity contribution in [3.63, 3.8) is 0 Å². The fraction of sp³-hybridized carbons (Fsp3) is 0.158. The number of anilines is 1. The molecule has 7 nitrogen and oxygen atoms in total. The van der Waals surface area contributed by atoms with Crippen LogP contribution in [0, 0.1) is 22.7 Å². The van der Waals surface area contributed by atoms with Crippen LogP contribution in [0.3, 0.4) is 0 Å². The SMILES string of the molecule is CN1C(=O)N(c2ccc(C#N)c(C(F)(F)F)c2)C(=O)C1(O)c1cccc(C#N)c1. The molecule has 0 saturated carbocycles. The van der Waals surface area contributed by atoms with Gasteiger partial charge in [-0.1, -0.05) is 12.1 Å². The maximum Gasteiger partial charge on any atom is 0.417 e. The van der Waals surface area contributed by atoms with E-state index in [4.69, 9.17) is 10.5 Å². The Kier molecular flexibility index (Phi) is 4.53. The van der Waals surface area contributed by atoms with Gasteiger partial charge in [0, 0.05) is 12.6 Å². The number of aliphatic hydroxyl groups is 1. The second-order valence-electron chi connectivity index (χ2n) is 6.19. The van der Waals surface area contributed by atoms with Gasteiger partial charge < -0.3 is 5.11 Å². The molecule has 2 aromatic rings. The molecule has 1 atom stereocenters. The number of imide groups is 1. The van der Waals surface area contributed by atoms with E-state index in [9.17, 15) is 27.9 Å². The first-order chi connectivity index (χ1) is 13.6. The van der Waals surface area contributed by atoms with E-state index in [0.717, 1.165) is 19.2 Å². The minimum Gasteiger partial charge on any atom is -0.359 e. The highest BCUT2D eigenvalue weighted by Gasteiger charge is 2.57. The summed E-state index contributed by atoms with van der Waals surface area (Å²) in [5.74, 6) is -1.21. The molecule has 0 radical (unpaired) electrons. The number of rotatable bonds is 2. The molecule has 0 aliphatic carbocycles. The van der Waals surface area contributed by atoms with Crippen molar-refractivity contribution in [3.05, 3.63) is 64.7 Å². The Bertz CT molecular complexity index is 1120. The molecule has 1 fully saturated rings. The molecule has 10 heteroatoms. The molecule has 1 aliphatic heterocycles. The van der Waals surface area contributed by atoms with Crippen molar-refractivity contribution in [2.24, 2.45) is 0 Å². The molecular formula is C19H11F3N4O3. The zero-order valence-corrected chi connectivity index (χ0v) is 14.7. The number of benzene rings is 2. The van der Waals surface area contributed by atoms with Crippen molar-refractivity contribution >= 4 is 17.6 Å². The van der Waals surface area contributed by atoms with Gasteiger partial charge in [0.2, 0.25) is 0 Å². The van der Waals surface area contributed by atoms with Gasteiger partial charge in [0.15, 0.2) is 0 Å². The van der Waals surface area contributed by atoms with Crippen LogP contribution in [0.2, 0.25) is 0 Å². The second-order valence-corrected chi connectivity index (χ2v) is 6.19. The Hall–Kier alpha value is -3.89. The zero-order chi connectivity index (χ0) is 21.6. The number of carbonyl (C=O) groups excluding carboxylic acids is 2. The highest BCUT2D eigenvalue weighted by Crippen LogP contribution is 2.39. The molecule has 29 heavy (non-hydrogen) atoms. The average Bonchev–Trinajstić information content (AvgIpc) is 2.88. The van der Waals surface area contributed by atoms with E-state index in [1.54, 1.807) is 0 Å². The number of hydrogen-bond donors (Lipinski definition) is 1. The summed E-state index contributed by atoms with van der Waals surface area (Å²) in [7, 11) is 1.10. The summed E-state index contributed by atoms with van der Waals surface area (Å²) >= 11 is 0. The van der Waals surface area contributed by atoms with Crippen molar-refractivity contribution in [1.29, 1.82) is 10.5 Å². The van der Waals surface area contributed by atoms with Crippen LogP contribution in [0.5, 0.6) is 0 Å². The molecule has 0 spiro atoms. The lowest BCUT2D eigenvalue weighted by Gasteiger charge is -2.27. The quantitative estimate of drug-likeness (QED) is 0.780. The molecule has 1 N–H and O–H groups in total. The van der Waals surface area contributed by atoms with Crippen LogP contribution in [-0.2, 0) is 16.7 Å². The number of nitriles is 2. The minimum atomic E-state index is -4.89. The van der Waals surface area contributed by atoms with Crippen LogP contribution in [0.4, 0.5) is 23.7 Å². The molecule has 1 unspecified atom stereocenters. The van der Waals surface area contributed by atoms with E-state index in [1.807, 2.05) is 6.07 Å². The molecule has 3 rings (SSSR count). The summed E-state index contributed by atoms with van der Waals surface area (Å²) in [5, 5.41) is 28.9. The number of halogens is 3. The van der Waals surface area contributed by atoms with Gasteiger partial charge in [0.05, 0.1) is 34.5 Å². The van der Waals surface area contributed by atoms with E-state index >= 15 is 0 Å². The van der Waals surface area contributed by atoms with E-state index in [0.29, 0.717) is 15.9 Å². The Morgan fingerprint density at radius 2 is 1.76 bits per heavy atom. The van der Waals surface area contributed by atoms with Crippen molar-refractivity contribution in [2.75, 3.05) is 11.9 Å². The summed E-state index contributed by atoms with van der Waals surface area (Å²) in [4.78, 5) is 26.6. The number of nitrogens with zero attached hydrogens (tertiary/aromatic N) is 4. The first-order valence-corrected chi connectivity index (χ1v) is 8.02. The lowest BCUT2D eigenvalue weighted by molar-refractivity contribution is -0.146. The van der Waals surface area contributed by atoms with Crippen LogP contribution in [-0.4, -0.2) is 29.0 Å².